The molecule has 0 saturated carbocycles. The molecule has 1 heterocycles. The van der Waals surface area contributed by atoms with Gasteiger partial charge in [0.1, 0.15) is 5.75 Å². The molecular formula is C14H20F2N2O. The lowest BCUT2D eigenvalue weighted by molar-refractivity contribution is -0.0508. The first kappa shape index (κ1) is 14.2. The van der Waals surface area contributed by atoms with Crippen LogP contribution in [-0.4, -0.2) is 30.6 Å². The first-order valence-corrected chi connectivity index (χ1v) is 6.55. The average molecular weight is 270 g/mol. The van der Waals surface area contributed by atoms with Crippen LogP contribution in [0.1, 0.15) is 18.9 Å². The Balaban J connectivity index is 2.05. The van der Waals surface area contributed by atoms with Gasteiger partial charge in [-0.25, -0.2) is 0 Å². The van der Waals surface area contributed by atoms with E-state index in [-0.39, 0.29) is 11.8 Å². The van der Waals surface area contributed by atoms with Crippen molar-refractivity contribution in [3.8, 4) is 5.75 Å². The number of rotatable bonds is 4. The Morgan fingerprint density at radius 3 is 2.79 bits per heavy atom. The molecule has 1 fully saturated rings. The van der Waals surface area contributed by atoms with Crippen LogP contribution in [0.2, 0.25) is 0 Å². The summed E-state index contributed by atoms with van der Waals surface area (Å²) in [5.41, 5.74) is 6.78. The molecule has 19 heavy (non-hydrogen) atoms. The Hall–Kier alpha value is -1.20. The molecule has 0 bridgehead atoms. The summed E-state index contributed by atoms with van der Waals surface area (Å²) in [7, 11) is 0. The van der Waals surface area contributed by atoms with Crippen molar-refractivity contribution in [2.24, 2.45) is 11.7 Å². The molecule has 0 spiro atoms. The van der Waals surface area contributed by atoms with Gasteiger partial charge in [0, 0.05) is 31.2 Å². The van der Waals surface area contributed by atoms with E-state index in [1.54, 1.807) is 12.1 Å². The maximum atomic E-state index is 12.3. The number of likely N-dealkylation sites (tertiary alicyclic amines) is 1. The molecule has 3 nitrogen and oxygen atoms in total. The topological polar surface area (TPSA) is 38.5 Å². The van der Waals surface area contributed by atoms with E-state index in [0.29, 0.717) is 12.5 Å². The number of alkyl halides is 2. The first-order chi connectivity index (χ1) is 9.04. The van der Waals surface area contributed by atoms with E-state index in [1.165, 1.54) is 0 Å². The third-order valence-electron chi connectivity index (χ3n) is 3.35. The fraction of sp³-hybridized carbons (Fsp3) is 0.571. The van der Waals surface area contributed by atoms with Gasteiger partial charge in [0.25, 0.3) is 0 Å². The van der Waals surface area contributed by atoms with Gasteiger partial charge < -0.3 is 10.5 Å². The minimum Gasteiger partial charge on any atom is -0.434 e. The van der Waals surface area contributed by atoms with Gasteiger partial charge in [-0.1, -0.05) is 25.1 Å². The zero-order chi connectivity index (χ0) is 13.8. The standard InChI is InChI=1S/C14H20F2N2O/c1-10-6-12(17)9-18(7-10)8-11-4-2-3-5-13(11)19-14(15)16/h2-5,10,12,14H,6-9,17H2,1H3. The fourth-order valence-electron chi connectivity index (χ4n) is 2.73. The van der Waals surface area contributed by atoms with Crippen LogP contribution in [0.15, 0.2) is 24.3 Å². The summed E-state index contributed by atoms with van der Waals surface area (Å²) in [5.74, 6) is 0.788. The van der Waals surface area contributed by atoms with Crippen LogP contribution in [0.3, 0.4) is 0 Å². The van der Waals surface area contributed by atoms with Gasteiger partial charge >= 0.3 is 6.61 Å². The summed E-state index contributed by atoms with van der Waals surface area (Å²) in [4.78, 5) is 2.20. The lowest BCUT2D eigenvalue weighted by Crippen LogP contribution is -2.45. The van der Waals surface area contributed by atoms with E-state index >= 15 is 0 Å². The molecule has 0 amide bonds. The van der Waals surface area contributed by atoms with Gasteiger partial charge in [0.05, 0.1) is 0 Å². The molecule has 0 aromatic heterocycles. The quantitative estimate of drug-likeness (QED) is 0.913. The summed E-state index contributed by atoms with van der Waals surface area (Å²) in [6.45, 7) is 1.71. The average Bonchev–Trinajstić information content (AvgIpc) is 2.29. The molecule has 1 aromatic rings. The van der Waals surface area contributed by atoms with E-state index in [4.69, 9.17) is 5.73 Å². The second-order valence-electron chi connectivity index (χ2n) is 5.28. The molecule has 5 heteroatoms. The molecule has 1 aliphatic rings. The number of hydrogen-bond acceptors (Lipinski definition) is 3. The Morgan fingerprint density at radius 2 is 2.11 bits per heavy atom. The van der Waals surface area contributed by atoms with Gasteiger partial charge in [0.2, 0.25) is 0 Å². The van der Waals surface area contributed by atoms with E-state index in [2.05, 4.69) is 16.6 Å². The summed E-state index contributed by atoms with van der Waals surface area (Å²) in [5, 5.41) is 0. The minimum absolute atomic E-state index is 0.159. The zero-order valence-electron chi connectivity index (χ0n) is 11.1. The van der Waals surface area contributed by atoms with Gasteiger partial charge in [0.15, 0.2) is 0 Å². The van der Waals surface area contributed by atoms with Crippen molar-refractivity contribution in [2.45, 2.75) is 32.5 Å². The highest BCUT2D eigenvalue weighted by Gasteiger charge is 2.23. The second kappa shape index (κ2) is 6.30. The van der Waals surface area contributed by atoms with Crippen molar-refractivity contribution >= 4 is 0 Å². The zero-order valence-corrected chi connectivity index (χ0v) is 11.1. The van der Waals surface area contributed by atoms with E-state index in [1.807, 2.05) is 12.1 Å². The van der Waals surface area contributed by atoms with Crippen molar-refractivity contribution in [2.75, 3.05) is 13.1 Å². The summed E-state index contributed by atoms with van der Waals surface area (Å²) >= 11 is 0. The number of para-hydroxylation sites is 1. The Kier molecular flexibility index (Phi) is 4.71. The SMILES string of the molecule is CC1CC(N)CN(Cc2ccccc2OC(F)F)C1. The number of hydrogen-bond donors (Lipinski definition) is 1. The number of halogens is 2. The van der Waals surface area contributed by atoms with Crippen molar-refractivity contribution in [3.63, 3.8) is 0 Å². The third-order valence-corrected chi connectivity index (χ3v) is 3.35. The van der Waals surface area contributed by atoms with E-state index in [0.717, 1.165) is 25.1 Å². The maximum Gasteiger partial charge on any atom is 0.387 e. The Labute approximate surface area is 112 Å². The predicted octanol–water partition coefficient (Wildman–Crippen LogP) is 2.46. The Bertz CT molecular complexity index is 404. The molecule has 2 unspecified atom stereocenters. The molecule has 1 aliphatic heterocycles. The predicted molar refractivity (Wildman–Crippen MR) is 70.1 cm³/mol. The number of ether oxygens (including phenoxy) is 1. The highest BCUT2D eigenvalue weighted by atomic mass is 19.3. The Morgan fingerprint density at radius 1 is 1.37 bits per heavy atom. The van der Waals surface area contributed by atoms with E-state index < -0.39 is 6.61 Å². The van der Waals surface area contributed by atoms with Crippen LogP contribution >= 0.6 is 0 Å². The summed E-state index contributed by atoms with van der Waals surface area (Å²) in [6.07, 6.45) is 1.02. The molecule has 106 valence electrons. The second-order valence-corrected chi connectivity index (χ2v) is 5.28. The van der Waals surface area contributed by atoms with Crippen LogP contribution in [0, 0.1) is 5.92 Å². The molecule has 1 aromatic carbocycles. The molecule has 0 radical (unpaired) electrons. The van der Waals surface area contributed by atoms with Crippen molar-refractivity contribution < 1.29 is 13.5 Å². The largest absolute Gasteiger partial charge is 0.434 e. The molecule has 0 aliphatic carbocycles. The highest BCUT2D eigenvalue weighted by molar-refractivity contribution is 5.33. The molecule has 1 saturated heterocycles. The normalized spacial score (nSPS) is 24.7. The molecular weight excluding hydrogens is 250 g/mol. The monoisotopic (exact) mass is 270 g/mol. The maximum absolute atomic E-state index is 12.3. The third kappa shape index (κ3) is 4.14. The first-order valence-electron chi connectivity index (χ1n) is 6.55. The van der Waals surface area contributed by atoms with Crippen molar-refractivity contribution in [1.82, 2.24) is 4.90 Å². The smallest absolute Gasteiger partial charge is 0.387 e. The van der Waals surface area contributed by atoms with Crippen molar-refractivity contribution in [1.29, 1.82) is 0 Å². The minimum atomic E-state index is -2.79. The summed E-state index contributed by atoms with van der Waals surface area (Å²) in [6, 6.07) is 7.09. The van der Waals surface area contributed by atoms with Crippen LogP contribution in [0.4, 0.5) is 8.78 Å². The highest BCUT2D eigenvalue weighted by Crippen LogP contribution is 2.24. The number of nitrogens with two attached hydrogens (primary N) is 1. The van der Waals surface area contributed by atoms with Gasteiger partial charge in [-0.15, -0.1) is 0 Å². The summed E-state index contributed by atoms with van der Waals surface area (Å²) < 4.78 is 29.2. The van der Waals surface area contributed by atoms with Crippen molar-refractivity contribution in [3.05, 3.63) is 29.8 Å². The van der Waals surface area contributed by atoms with Crippen LogP contribution in [-0.2, 0) is 6.54 Å². The molecule has 2 N–H and O–H groups in total. The lowest BCUT2D eigenvalue weighted by Gasteiger charge is -2.35. The van der Waals surface area contributed by atoms with Crippen LogP contribution in [0.5, 0.6) is 5.75 Å². The molecule has 2 atom stereocenters. The number of piperidine rings is 1. The number of nitrogens with zero attached hydrogens (tertiary/aromatic N) is 1. The number of benzene rings is 1. The lowest BCUT2D eigenvalue weighted by atomic mass is 9.96. The fourth-order valence-corrected chi connectivity index (χ4v) is 2.73. The van der Waals surface area contributed by atoms with Crippen LogP contribution in [0.25, 0.3) is 0 Å². The van der Waals surface area contributed by atoms with Gasteiger partial charge in [-0.05, 0) is 18.4 Å². The molecule has 2 rings (SSSR count). The van der Waals surface area contributed by atoms with E-state index in [9.17, 15) is 8.78 Å². The van der Waals surface area contributed by atoms with Gasteiger partial charge in [-0.2, -0.15) is 8.78 Å². The van der Waals surface area contributed by atoms with Crippen LogP contribution < -0.4 is 10.5 Å². The van der Waals surface area contributed by atoms with Gasteiger partial charge in [-0.3, -0.25) is 4.90 Å².